The maximum Gasteiger partial charge on any atom is 0.335 e. The van der Waals surface area contributed by atoms with E-state index in [0.29, 0.717) is 0 Å². The highest BCUT2D eigenvalue weighted by molar-refractivity contribution is 5.92. The van der Waals surface area contributed by atoms with Crippen molar-refractivity contribution >= 4 is 17.0 Å². The van der Waals surface area contributed by atoms with Gasteiger partial charge in [-0.2, -0.15) is 0 Å². The van der Waals surface area contributed by atoms with Crippen molar-refractivity contribution in [1.82, 2.24) is 9.55 Å². The molecule has 4 nitrogen and oxygen atoms in total. The molecule has 0 fully saturated rings. The smallest absolute Gasteiger partial charge is 0.335 e. The number of nitrogens with zero attached hydrogens (tertiary/aromatic N) is 2. The molecule has 21 heavy (non-hydrogen) atoms. The number of carboxylic acids is 1. The van der Waals surface area contributed by atoms with E-state index >= 15 is 0 Å². The molecule has 0 aliphatic heterocycles. The van der Waals surface area contributed by atoms with E-state index in [0.717, 1.165) is 23.3 Å². The van der Waals surface area contributed by atoms with E-state index in [2.05, 4.69) is 46.1 Å². The molecule has 0 bridgehead atoms. The third-order valence-corrected chi connectivity index (χ3v) is 4.04. The molecule has 1 aromatic heterocycles. The summed E-state index contributed by atoms with van der Waals surface area (Å²) in [5.74, 6) is 0.0744. The monoisotopic (exact) mass is 288 g/mol. The van der Waals surface area contributed by atoms with Crippen LogP contribution < -0.4 is 0 Å². The second-order valence-electron chi connectivity index (χ2n) is 7.20. The number of fused-ring (bicyclic) bond motifs is 1. The summed E-state index contributed by atoms with van der Waals surface area (Å²) in [7, 11) is 0. The number of imidazole rings is 1. The molecule has 0 spiro atoms. The van der Waals surface area contributed by atoms with Gasteiger partial charge in [-0.05, 0) is 38.5 Å². The lowest BCUT2D eigenvalue weighted by molar-refractivity contribution is 0.0697. The van der Waals surface area contributed by atoms with Crippen molar-refractivity contribution in [2.75, 3.05) is 0 Å². The summed E-state index contributed by atoms with van der Waals surface area (Å²) < 4.78 is 2.26. The van der Waals surface area contributed by atoms with E-state index in [4.69, 9.17) is 10.1 Å². The first-order valence-corrected chi connectivity index (χ1v) is 7.34. The minimum atomic E-state index is -0.918. The van der Waals surface area contributed by atoms with E-state index in [1.807, 2.05) is 6.07 Å². The van der Waals surface area contributed by atoms with Crippen LogP contribution in [-0.2, 0) is 11.0 Å². The van der Waals surface area contributed by atoms with Gasteiger partial charge < -0.3 is 9.67 Å². The van der Waals surface area contributed by atoms with Crippen LogP contribution in [0.15, 0.2) is 18.2 Å². The number of hydrogen-bond donors (Lipinski definition) is 1. The third kappa shape index (κ3) is 2.67. The topological polar surface area (TPSA) is 55.1 Å². The van der Waals surface area contributed by atoms with Gasteiger partial charge in [-0.15, -0.1) is 0 Å². The maximum atomic E-state index is 11.2. The molecule has 1 aromatic carbocycles. The van der Waals surface area contributed by atoms with Gasteiger partial charge in [0.05, 0.1) is 16.6 Å². The average Bonchev–Trinajstić information content (AvgIpc) is 2.77. The van der Waals surface area contributed by atoms with Crippen LogP contribution in [0.4, 0.5) is 0 Å². The Morgan fingerprint density at radius 2 is 1.86 bits per heavy atom. The van der Waals surface area contributed by atoms with Crippen molar-refractivity contribution in [3.63, 3.8) is 0 Å². The van der Waals surface area contributed by atoms with Gasteiger partial charge in [0.1, 0.15) is 5.82 Å². The quantitative estimate of drug-likeness (QED) is 0.922. The Morgan fingerprint density at radius 3 is 2.33 bits per heavy atom. The van der Waals surface area contributed by atoms with E-state index in [-0.39, 0.29) is 16.5 Å². The van der Waals surface area contributed by atoms with Crippen molar-refractivity contribution in [1.29, 1.82) is 0 Å². The van der Waals surface area contributed by atoms with Gasteiger partial charge in [0, 0.05) is 11.0 Å². The highest BCUT2D eigenvalue weighted by atomic mass is 16.4. The van der Waals surface area contributed by atoms with E-state index in [9.17, 15) is 4.79 Å². The molecule has 1 heterocycles. The van der Waals surface area contributed by atoms with Crippen LogP contribution >= 0.6 is 0 Å². The fourth-order valence-corrected chi connectivity index (χ4v) is 2.49. The zero-order valence-electron chi connectivity index (χ0n) is 13.7. The molecule has 2 rings (SSSR count). The summed E-state index contributed by atoms with van der Waals surface area (Å²) in [4.78, 5) is 15.9. The molecule has 0 atom stereocenters. The highest BCUT2D eigenvalue weighted by Gasteiger charge is 2.30. The number of aromatic carboxylic acids is 1. The molecular weight excluding hydrogens is 264 g/mol. The standard InChI is InChI=1S/C17H24N2O2/c1-7-17(5,6)19-13-9-8-11(14(20)21)10-12(13)18-15(19)16(2,3)4/h8-10H,7H2,1-6H3,(H,20,21). The van der Waals surface area contributed by atoms with Crippen LogP contribution in [0.3, 0.4) is 0 Å². The van der Waals surface area contributed by atoms with Gasteiger partial charge >= 0.3 is 5.97 Å². The van der Waals surface area contributed by atoms with E-state index in [1.54, 1.807) is 12.1 Å². The number of benzene rings is 1. The predicted molar refractivity (Wildman–Crippen MR) is 85.0 cm³/mol. The maximum absolute atomic E-state index is 11.2. The van der Waals surface area contributed by atoms with Crippen LogP contribution in [0.2, 0.25) is 0 Å². The Bertz CT molecular complexity index is 691. The molecule has 114 valence electrons. The Hall–Kier alpha value is -1.84. The zero-order valence-corrected chi connectivity index (χ0v) is 13.7. The zero-order chi connectivity index (χ0) is 16.0. The third-order valence-electron chi connectivity index (χ3n) is 4.04. The molecule has 0 saturated carbocycles. The molecule has 2 aromatic rings. The van der Waals surface area contributed by atoms with Crippen molar-refractivity contribution in [3.05, 3.63) is 29.6 Å². The summed E-state index contributed by atoms with van der Waals surface area (Å²) in [5, 5.41) is 9.15. The number of aromatic nitrogens is 2. The molecular formula is C17H24N2O2. The van der Waals surface area contributed by atoms with E-state index < -0.39 is 5.97 Å². The molecule has 0 amide bonds. The number of carboxylic acid groups (broad SMARTS) is 1. The van der Waals surface area contributed by atoms with Gasteiger partial charge in [0.25, 0.3) is 0 Å². The molecule has 0 unspecified atom stereocenters. The number of rotatable bonds is 3. The first-order chi connectivity index (χ1) is 9.58. The average molecular weight is 288 g/mol. The number of hydrogen-bond acceptors (Lipinski definition) is 2. The first kappa shape index (κ1) is 15.5. The van der Waals surface area contributed by atoms with Crippen LogP contribution in [0, 0.1) is 0 Å². The number of carbonyl (C=O) groups is 1. The van der Waals surface area contributed by atoms with Crippen molar-refractivity contribution in [2.45, 2.75) is 58.9 Å². The molecule has 1 N–H and O–H groups in total. The van der Waals surface area contributed by atoms with Crippen LogP contribution in [0.25, 0.3) is 11.0 Å². The van der Waals surface area contributed by atoms with Crippen molar-refractivity contribution < 1.29 is 9.90 Å². The fraction of sp³-hybridized carbons (Fsp3) is 0.529. The molecule has 0 aliphatic rings. The Labute approximate surface area is 125 Å². The Kier molecular flexibility index (Phi) is 3.60. The van der Waals surface area contributed by atoms with Crippen molar-refractivity contribution in [2.24, 2.45) is 0 Å². The highest BCUT2D eigenvalue weighted by Crippen LogP contribution is 2.33. The summed E-state index contributed by atoms with van der Waals surface area (Å²) in [6, 6.07) is 5.19. The lowest BCUT2D eigenvalue weighted by Gasteiger charge is -2.32. The minimum Gasteiger partial charge on any atom is -0.478 e. The van der Waals surface area contributed by atoms with Crippen LogP contribution in [0.5, 0.6) is 0 Å². The molecule has 0 aliphatic carbocycles. The Morgan fingerprint density at radius 1 is 1.24 bits per heavy atom. The fourth-order valence-electron chi connectivity index (χ4n) is 2.49. The summed E-state index contributed by atoms with van der Waals surface area (Å²) >= 11 is 0. The lowest BCUT2D eigenvalue weighted by atomic mass is 9.92. The predicted octanol–water partition coefficient (Wildman–Crippen LogP) is 4.18. The van der Waals surface area contributed by atoms with E-state index in [1.165, 1.54) is 0 Å². The molecule has 0 radical (unpaired) electrons. The Balaban J connectivity index is 2.83. The van der Waals surface area contributed by atoms with Gasteiger partial charge in [0.15, 0.2) is 0 Å². The molecule has 4 heteroatoms. The second-order valence-corrected chi connectivity index (χ2v) is 7.20. The second kappa shape index (κ2) is 4.86. The van der Waals surface area contributed by atoms with Crippen LogP contribution in [-0.4, -0.2) is 20.6 Å². The van der Waals surface area contributed by atoms with Gasteiger partial charge in [-0.3, -0.25) is 0 Å². The van der Waals surface area contributed by atoms with Gasteiger partial charge in [-0.25, -0.2) is 9.78 Å². The van der Waals surface area contributed by atoms with Gasteiger partial charge in [-0.1, -0.05) is 27.7 Å². The van der Waals surface area contributed by atoms with Gasteiger partial charge in [0.2, 0.25) is 0 Å². The lowest BCUT2D eigenvalue weighted by Crippen LogP contribution is -2.31. The summed E-state index contributed by atoms with van der Waals surface area (Å²) in [6.45, 7) is 12.9. The summed E-state index contributed by atoms with van der Waals surface area (Å²) in [5.41, 5.74) is 1.86. The molecule has 0 saturated heterocycles. The summed E-state index contributed by atoms with van der Waals surface area (Å²) in [6.07, 6.45) is 0.974. The minimum absolute atomic E-state index is 0.0674. The van der Waals surface area contributed by atoms with Crippen LogP contribution in [0.1, 0.15) is 64.1 Å². The normalized spacial score (nSPS) is 12.9. The SMILES string of the molecule is CCC(C)(C)n1c(C(C)(C)C)nc2cc(C(=O)O)ccc21. The largest absolute Gasteiger partial charge is 0.478 e. The van der Waals surface area contributed by atoms with Crippen molar-refractivity contribution in [3.8, 4) is 0 Å². The first-order valence-electron chi connectivity index (χ1n) is 7.34.